The molecule has 0 spiro atoms. The van der Waals surface area contributed by atoms with E-state index in [4.69, 9.17) is 18.9 Å². The minimum Gasteiger partial charge on any atom is -0.462 e. The van der Waals surface area contributed by atoms with Crippen molar-refractivity contribution < 1.29 is 42.9 Å². The van der Waals surface area contributed by atoms with Crippen molar-refractivity contribution in [3.05, 3.63) is 57.2 Å². The van der Waals surface area contributed by atoms with Crippen molar-refractivity contribution in [2.75, 3.05) is 26.4 Å². The molecule has 0 bridgehead atoms. The van der Waals surface area contributed by atoms with E-state index in [0.29, 0.717) is 11.1 Å². The zero-order valence-corrected chi connectivity index (χ0v) is 22.3. The Labute approximate surface area is 220 Å². The molecule has 11 heteroatoms. The lowest BCUT2D eigenvalue weighted by atomic mass is 10.1. The van der Waals surface area contributed by atoms with Crippen molar-refractivity contribution in [2.45, 2.75) is 41.5 Å². The zero-order valence-electron chi connectivity index (χ0n) is 22.3. The van der Waals surface area contributed by atoms with Crippen LogP contribution in [0.25, 0.3) is 12.2 Å². The van der Waals surface area contributed by atoms with Crippen LogP contribution in [0.2, 0.25) is 0 Å². The molecule has 2 aromatic rings. The maximum absolute atomic E-state index is 12.6. The van der Waals surface area contributed by atoms with Gasteiger partial charge >= 0.3 is 23.9 Å². The fourth-order valence-electron chi connectivity index (χ4n) is 3.62. The number of rotatable bonds is 12. The number of carbonyl (C=O) groups excluding carboxylic acids is 5. The van der Waals surface area contributed by atoms with Crippen LogP contribution in [-0.4, -0.2) is 66.1 Å². The van der Waals surface area contributed by atoms with Crippen LogP contribution < -0.4 is 0 Å². The summed E-state index contributed by atoms with van der Waals surface area (Å²) >= 11 is 0. The van der Waals surface area contributed by atoms with Crippen LogP contribution in [-0.2, 0) is 23.7 Å². The molecule has 2 aromatic heterocycles. The van der Waals surface area contributed by atoms with Gasteiger partial charge in [0.15, 0.2) is 5.78 Å². The van der Waals surface area contributed by atoms with Gasteiger partial charge in [-0.25, -0.2) is 19.2 Å². The molecule has 0 atom stereocenters. The first-order chi connectivity index (χ1) is 18.1. The van der Waals surface area contributed by atoms with Gasteiger partial charge in [0.25, 0.3) is 0 Å². The van der Waals surface area contributed by atoms with Crippen molar-refractivity contribution in [2.24, 2.45) is 0 Å². The minimum atomic E-state index is -0.660. The summed E-state index contributed by atoms with van der Waals surface area (Å²) in [7, 11) is 0. The molecule has 0 aliphatic carbocycles. The van der Waals surface area contributed by atoms with Crippen molar-refractivity contribution in [1.82, 2.24) is 9.97 Å². The lowest BCUT2D eigenvalue weighted by molar-refractivity contribution is -0.110. The third kappa shape index (κ3) is 6.87. The summed E-state index contributed by atoms with van der Waals surface area (Å²) in [5.74, 6) is -3.12. The van der Waals surface area contributed by atoms with Crippen molar-refractivity contribution >= 4 is 41.8 Å². The molecule has 0 amide bonds. The molecule has 0 aliphatic rings. The first-order valence-corrected chi connectivity index (χ1v) is 12.1. The fourth-order valence-corrected chi connectivity index (χ4v) is 3.62. The monoisotopic (exact) mass is 528 g/mol. The van der Waals surface area contributed by atoms with Gasteiger partial charge in [0.2, 0.25) is 0 Å². The van der Waals surface area contributed by atoms with E-state index in [1.807, 2.05) is 0 Å². The van der Waals surface area contributed by atoms with Crippen LogP contribution in [0.15, 0.2) is 12.2 Å². The number of hydrogen-bond donors (Lipinski definition) is 2. The molecule has 0 unspecified atom stereocenters. The minimum absolute atomic E-state index is 0.0741. The van der Waals surface area contributed by atoms with Crippen LogP contribution in [0, 0.1) is 13.8 Å². The number of carbonyl (C=O) groups is 5. The smallest absolute Gasteiger partial charge is 0.355 e. The SMILES string of the molecule is CCOC(=O)c1[nH]c(/C=C\C(=O)/C=C\c2[nH]c(C(=O)OCC)c(C)c2C(=O)OCC)c(C(=O)OCC)c1C. The molecule has 11 nitrogen and oxygen atoms in total. The first-order valence-electron chi connectivity index (χ1n) is 12.1. The normalized spacial score (nSPS) is 11.1. The van der Waals surface area contributed by atoms with Gasteiger partial charge in [-0.2, -0.15) is 0 Å². The number of nitrogens with one attached hydrogen (secondary N) is 2. The molecule has 0 aromatic carbocycles. The Hall–Kier alpha value is -4.41. The van der Waals surface area contributed by atoms with Crippen molar-refractivity contribution in [3.8, 4) is 0 Å². The van der Waals surface area contributed by atoms with Gasteiger partial charge in [-0.1, -0.05) is 0 Å². The van der Waals surface area contributed by atoms with Crippen LogP contribution in [0.1, 0.15) is 91.9 Å². The Balaban J connectivity index is 2.42. The summed E-state index contributed by atoms with van der Waals surface area (Å²) in [5, 5.41) is 0. The number of ketones is 1. The summed E-state index contributed by atoms with van der Waals surface area (Å²) in [6.07, 6.45) is 5.02. The number of aromatic nitrogens is 2. The highest BCUT2D eigenvalue weighted by Crippen LogP contribution is 2.23. The van der Waals surface area contributed by atoms with Crippen molar-refractivity contribution in [1.29, 1.82) is 0 Å². The van der Waals surface area contributed by atoms with Crippen LogP contribution >= 0.6 is 0 Å². The van der Waals surface area contributed by atoms with Crippen LogP contribution in [0.3, 0.4) is 0 Å². The second-order valence-electron chi connectivity index (χ2n) is 7.78. The second-order valence-corrected chi connectivity index (χ2v) is 7.78. The first kappa shape index (κ1) is 29.8. The molecular formula is C27H32N2O9. The van der Waals surface area contributed by atoms with Gasteiger partial charge in [0.1, 0.15) is 11.4 Å². The molecule has 0 aliphatic heterocycles. The van der Waals surface area contributed by atoms with E-state index < -0.39 is 29.7 Å². The summed E-state index contributed by atoms with van der Waals surface area (Å²) in [6.45, 7) is 10.3. The molecule has 0 saturated heterocycles. The average Bonchev–Trinajstić information content (AvgIpc) is 3.38. The van der Waals surface area contributed by atoms with E-state index in [0.717, 1.165) is 0 Å². The van der Waals surface area contributed by atoms with E-state index in [-0.39, 0.29) is 60.3 Å². The number of hydrogen-bond acceptors (Lipinski definition) is 9. The predicted molar refractivity (Wildman–Crippen MR) is 138 cm³/mol. The number of ether oxygens (including phenoxy) is 4. The zero-order chi connectivity index (χ0) is 28.4. The highest BCUT2D eigenvalue weighted by atomic mass is 16.5. The molecule has 2 heterocycles. The highest BCUT2D eigenvalue weighted by molar-refractivity contribution is 6.07. The number of esters is 4. The molecule has 2 rings (SSSR count). The van der Waals surface area contributed by atoms with Gasteiger partial charge in [0.05, 0.1) is 48.9 Å². The molecule has 0 saturated carbocycles. The van der Waals surface area contributed by atoms with E-state index in [1.54, 1.807) is 41.5 Å². The van der Waals surface area contributed by atoms with E-state index >= 15 is 0 Å². The predicted octanol–water partition coefficient (Wildman–Crippen LogP) is 3.96. The van der Waals surface area contributed by atoms with E-state index in [1.165, 1.54) is 24.3 Å². The molecule has 0 fully saturated rings. The van der Waals surface area contributed by atoms with Gasteiger partial charge in [-0.3, -0.25) is 4.79 Å². The van der Waals surface area contributed by atoms with Gasteiger partial charge < -0.3 is 28.9 Å². The number of H-pyrrole nitrogens is 2. The maximum atomic E-state index is 12.6. The summed E-state index contributed by atoms with van der Waals surface area (Å²) in [4.78, 5) is 67.9. The molecule has 38 heavy (non-hydrogen) atoms. The Morgan fingerprint density at radius 3 is 1.21 bits per heavy atom. The van der Waals surface area contributed by atoms with Gasteiger partial charge in [-0.15, -0.1) is 0 Å². The summed E-state index contributed by atoms with van der Waals surface area (Å²) < 4.78 is 20.2. The molecule has 2 N–H and O–H groups in total. The quantitative estimate of drug-likeness (QED) is 0.237. The Morgan fingerprint density at radius 1 is 0.579 bits per heavy atom. The highest BCUT2D eigenvalue weighted by Gasteiger charge is 2.26. The van der Waals surface area contributed by atoms with Crippen LogP contribution in [0.5, 0.6) is 0 Å². The molecule has 204 valence electrons. The lowest BCUT2D eigenvalue weighted by Crippen LogP contribution is -2.09. The van der Waals surface area contributed by atoms with Gasteiger partial charge in [0, 0.05) is 0 Å². The summed E-state index contributed by atoms with van der Waals surface area (Å²) in [6, 6.07) is 0. The summed E-state index contributed by atoms with van der Waals surface area (Å²) in [5.41, 5.74) is 1.40. The maximum Gasteiger partial charge on any atom is 0.355 e. The topological polar surface area (TPSA) is 154 Å². The van der Waals surface area contributed by atoms with Gasteiger partial charge in [-0.05, 0) is 77.0 Å². The molecule has 0 radical (unpaired) electrons. The Kier molecular flexibility index (Phi) is 10.8. The largest absolute Gasteiger partial charge is 0.462 e. The lowest BCUT2D eigenvalue weighted by Gasteiger charge is -2.03. The Morgan fingerprint density at radius 2 is 0.895 bits per heavy atom. The van der Waals surface area contributed by atoms with Crippen LogP contribution in [0.4, 0.5) is 0 Å². The average molecular weight is 529 g/mol. The standard InChI is InChI=1S/C27H32N2O9/c1-7-35-24(31)20-15(5)22(26(33)37-9-3)28-18(20)13-11-17(30)12-14-19-21(25(32)36-8-2)16(6)23(29-19)27(34)38-10-4/h11-14,28-29H,7-10H2,1-6H3/b13-11-,14-12-. The molecular weight excluding hydrogens is 496 g/mol. The number of aromatic amines is 2. The Bertz CT molecular complexity index is 1180. The third-order valence-corrected chi connectivity index (χ3v) is 5.30. The fraction of sp³-hybridized carbons (Fsp3) is 0.370. The van der Waals surface area contributed by atoms with E-state index in [2.05, 4.69) is 9.97 Å². The second kappa shape index (κ2) is 13.8. The van der Waals surface area contributed by atoms with Crippen molar-refractivity contribution in [3.63, 3.8) is 0 Å². The number of allylic oxidation sites excluding steroid dienone is 2. The van der Waals surface area contributed by atoms with E-state index in [9.17, 15) is 24.0 Å². The third-order valence-electron chi connectivity index (χ3n) is 5.30.